The van der Waals surface area contributed by atoms with Crippen molar-refractivity contribution in [3.8, 4) is 5.75 Å². The van der Waals surface area contributed by atoms with Crippen LogP contribution in [0.15, 0.2) is 45.8 Å². The van der Waals surface area contributed by atoms with Crippen molar-refractivity contribution in [3.05, 3.63) is 52.0 Å². The Morgan fingerprint density at radius 3 is 2.40 bits per heavy atom. The highest BCUT2D eigenvalue weighted by Crippen LogP contribution is 2.29. The number of halogens is 1. The number of phenolic OH excluding ortho intramolecular Hbond substituents is 1. The van der Waals surface area contributed by atoms with E-state index < -0.39 is 10.0 Å². The Bertz CT molecular complexity index is 757. The number of aromatic hydroxyl groups is 1. The van der Waals surface area contributed by atoms with E-state index in [0.29, 0.717) is 4.47 Å². The molecule has 0 spiro atoms. The molecular weight excluding hydrogens is 342 g/mol. The highest BCUT2D eigenvalue weighted by molar-refractivity contribution is 9.10. The maximum absolute atomic E-state index is 12.3. The number of nitrogens with one attached hydrogen (secondary N) is 1. The van der Waals surface area contributed by atoms with Crippen LogP contribution in [0.4, 0.5) is 5.69 Å². The second-order valence-corrected chi connectivity index (χ2v) is 7.11. The number of phenols is 1. The molecule has 2 rings (SSSR count). The molecule has 0 aromatic heterocycles. The van der Waals surface area contributed by atoms with Crippen LogP contribution in [0.3, 0.4) is 0 Å². The standard InChI is InChI=1S/C14H14BrNO3S/c1-9-3-5-12(7-10(9)2)20(18,19)16-13-8-11(15)4-6-14(13)17/h3-8,16-17H,1-2H3. The minimum absolute atomic E-state index is 0.124. The van der Waals surface area contributed by atoms with Gasteiger partial charge in [-0.25, -0.2) is 8.42 Å². The van der Waals surface area contributed by atoms with Gasteiger partial charge in [0, 0.05) is 4.47 Å². The van der Waals surface area contributed by atoms with Crippen LogP contribution in [0.1, 0.15) is 11.1 Å². The molecule has 2 aromatic rings. The summed E-state index contributed by atoms with van der Waals surface area (Å²) in [7, 11) is -3.72. The van der Waals surface area contributed by atoms with Gasteiger partial charge < -0.3 is 5.11 Å². The summed E-state index contributed by atoms with van der Waals surface area (Å²) in [4.78, 5) is 0.167. The SMILES string of the molecule is Cc1ccc(S(=O)(=O)Nc2cc(Br)ccc2O)cc1C. The minimum atomic E-state index is -3.72. The molecule has 0 atom stereocenters. The molecule has 0 aliphatic carbocycles. The van der Waals surface area contributed by atoms with Gasteiger partial charge in [0.15, 0.2) is 0 Å². The van der Waals surface area contributed by atoms with Crippen molar-refractivity contribution >= 4 is 31.6 Å². The Hall–Kier alpha value is -1.53. The van der Waals surface area contributed by atoms with E-state index in [1.54, 1.807) is 24.3 Å². The van der Waals surface area contributed by atoms with Crippen molar-refractivity contribution < 1.29 is 13.5 Å². The summed E-state index contributed by atoms with van der Waals surface area (Å²) in [5.74, 6) is -0.124. The van der Waals surface area contributed by atoms with Crippen LogP contribution < -0.4 is 4.72 Å². The zero-order valence-corrected chi connectivity index (χ0v) is 13.4. The average Bonchev–Trinajstić information content (AvgIpc) is 2.36. The smallest absolute Gasteiger partial charge is 0.262 e. The second kappa shape index (κ2) is 5.46. The number of aryl methyl sites for hydroxylation is 2. The fraction of sp³-hybridized carbons (Fsp3) is 0.143. The van der Waals surface area contributed by atoms with Crippen molar-refractivity contribution in [2.24, 2.45) is 0 Å². The van der Waals surface area contributed by atoms with Crippen LogP contribution in [-0.2, 0) is 10.0 Å². The Kier molecular flexibility index (Phi) is 4.06. The van der Waals surface area contributed by atoms with Crippen LogP contribution in [-0.4, -0.2) is 13.5 Å². The fourth-order valence-electron chi connectivity index (χ4n) is 1.67. The summed E-state index contributed by atoms with van der Waals surface area (Å²) in [6.07, 6.45) is 0. The first-order valence-electron chi connectivity index (χ1n) is 5.88. The highest BCUT2D eigenvalue weighted by Gasteiger charge is 2.16. The van der Waals surface area contributed by atoms with Crippen LogP contribution in [0.2, 0.25) is 0 Å². The van der Waals surface area contributed by atoms with Crippen LogP contribution in [0.5, 0.6) is 5.75 Å². The summed E-state index contributed by atoms with van der Waals surface area (Å²) in [6.45, 7) is 3.77. The largest absolute Gasteiger partial charge is 0.506 e. The third-order valence-electron chi connectivity index (χ3n) is 2.99. The first-order chi connectivity index (χ1) is 9.29. The second-order valence-electron chi connectivity index (χ2n) is 4.51. The van der Waals surface area contributed by atoms with Crippen molar-refractivity contribution in [1.82, 2.24) is 0 Å². The third kappa shape index (κ3) is 3.13. The number of hydrogen-bond donors (Lipinski definition) is 2. The molecule has 20 heavy (non-hydrogen) atoms. The van der Waals surface area contributed by atoms with Crippen molar-refractivity contribution in [2.45, 2.75) is 18.7 Å². The molecule has 0 bridgehead atoms. The van der Waals surface area contributed by atoms with Gasteiger partial charge in [-0.15, -0.1) is 0 Å². The molecule has 4 nitrogen and oxygen atoms in total. The molecule has 0 radical (unpaired) electrons. The van der Waals surface area contributed by atoms with Crippen LogP contribution >= 0.6 is 15.9 Å². The van der Waals surface area contributed by atoms with Gasteiger partial charge in [-0.3, -0.25) is 4.72 Å². The molecule has 0 amide bonds. The molecule has 2 aromatic carbocycles. The van der Waals surface area contributed by atoms with Gasteiger partial charge in [-0.2, -0.15) is 0 Å². The molecule has 0 saturated carbocycles. The monoisotopic (exact) mass is 355 g/mol. The predicted octanol–water partition coefficient (Wildman–Crippen LogP) is 3.57. The van der Waals surface area contributed by atoms with Crippen molar-refractivity contribution in [3.63, 3.8) is 0 Å². The topological polar surface area (TPSA) is 66.4 Å². The highest BCUT2D eigenvalue weighted by atomic mass is 79.9. The van der Waals surface area contributed by atoms with E-state index in [1.165, 1.54) is 12.1 Å². The van der Waals surface area contributed by atoms with Gasteiger partial charge in [-0.05, 0) is 55.3 Å². The Morgan fingerprint density at radius 2 is 1.75 bits per heavy atom. The third-order valence-corrected chi connectivity index (χ3v) is 4.85. The van der Waals surface area contributed by atoms with Crippen molar-refractivity contribution in [2.75, 3.05) is 4.72 Å². The molecule has 0 saturated heterocycles. The number of hydrogen-bond acceptors (Lipinski definition) is 3. The first-order valence-corrected chi connectivity index (χ1v) is 8.16. The zero-order chi connectivity index (χ0) is 14.9. The molecule has 0 aliphatic heterocycles. The normalized spacial score (nSPS) is 11.3. The molecular formula is C14H14BrNO3S. The first kappa shape index (κ1) is 14.9. The Balaban J connectivity index is 2.40. The zero-order valence-electron chi connectivity index (χ0n) is 11.0. The fourth-order valence-corrected chi connectivity index (χ4v) is 3.19. The lowest BCUT2D eigenvalue weighted by Crippen LogP contribution is -2.13. The average molecular weight is 356 g/mol. The molecule has 0 unspecified atom stereocenters. The van der Waals surface area contributed by atoms with E-state index in [9.17, 15) is 13.5 Å². The molecule has 106 valence electrons. The quantitative estimate of drug-likeness (QED) is 0.827. The lowest BCUT2D eigenvalue weighted by molar-refractivity contribution is 0.477. The number of benzene rings is 2. The lowest BCUT2D eigenvalue weighted by atomic mass is 10.1. The Morgan fingerprint density at radius 1 is 1.05 bits per heavy atom. The molecule has 0 aliphatic rings. The Labute approximate surface area is 126 Å². The summed E-state index contributed by atoms with van der Waals surface area (Å²) in [5.41, 5.74) is 2.05. The van der Waals surface area contributed by atoms with Gasteiger partial charge in [0.1, 0.15) is 5.75 Å². The number of anilines is 1. The lowest BCUT2D eigenvalue weighted by Gasteiger charge is -2.11. The minimum Gasteiger partial charge on any atom is -0.506 e. The van der Waals surface area contributed by atoms with E-state index in [0.717, 1.165) is 11.1 Å². The van der Waals surface area contributed by atoms with E-state index in [4.69, 9.17) is 0 Å². The number of rotatable bonds is 3. The van der Waals surface area contributed by atoms with Crippen LogP contribution in [0, 0.1) is 13.8 Å². The maximum atomic E-state index is 12.3. The summed E-state index contributed by atoms with van der Waals surface area (Å²) in [5, 5.41) is 9.70. The van der Waals surface area contributed by atoms with Gasteiger partial charge in [0.2, 0.25) is 0 Å². The summed E-state index contributed by atoms with van der Waals surface area (Å²) < 4.78 is 27.6. The van der Waals surface area contributed by atoms with E-state index in [2.05, 4.69) is 20.7 Å². The van der Waals surface area contributed by atoms with E-state index in [-0.39, 0.29) is 16.3 Å². The predicted molar refractivity (Wildman–Crippen MR) is 82.5 cm³/mol. The van der Waals surface area contributed by atoms with Gasteiger partial charge >= 0.3 is 0 Å². The summed E-state index contributed by atoms with van der Waals surface area (Å²) in [6, 6.07) is 9.45. The molecule has 2 N–H and O–H groups in total. The summed E-state index contributed by atoms with van der Waals surface area (Å²) >= 11 is 3.24. The van der Waals surface area contributed by atoms with E-state index in [1.807, 2.05) is 13.8 Å². The molecule has 0 fully saturated rings. The van der Waals surface area contributed by atoms with Gasteiger partial charge in [0.25, 0.3) is 10.0 Å². The van der Waals surface area contributed by atoms with Gasteiger partial charge in [0.05, 0.1) is 10.6 Å². The van der Waals surface area contributed by atoms with E-state index >= 15 is 0 Å². The molecule has 6 heteroatoms. The van der Waals surface area contributed by atoms with Crippen LogP contribution in [0.25, 0.3) is 0 Å². The van der Waals surface area contributed by atoms with Crippen molar-refractivity contribution in [1.29, 1.82) is 0 Å². The number of sulfonamides is 1. The van der Waals surface area contributed by atoms with Gasteiger partial charge in [-0.1, -0.05) is 22.0 Å². The maximum Gasteiger partial charge on any atom is 0.262 e. The molecule has 0 heterocycles.